The highest BCUT2D eigenvalue weighted by atomic mass is 32.2. The zero-order chi connectivity index (χ0) is 15.9. The molecule has 0 aliphatic carbocycles. The Morgan fingerprint density at radius 1 is 0.957 bits per heavy atom. The van der Waals surface area contributed by atoms with Crippen LogP contribution in [0, 0.1) is 0 Å². The van der Waals surface area contributed by atoms with Crippen molar-refractivity contribution in [1.29, 1.82) is 0 Å². The Morgan fingerprint density at radius 3 is 2.39 bits per heavy atom. The molecule has 2 aliphatic heterocycles. The van der Waals surface area contributed by atoms with Gasteiger partial charge in [0.1, 0.15) is 0 Å². The van der Waals surface area contributed by atoms with Crippen LogP contribution in [0.25, 0.3) is 10.8 Å². The first kappa shape index (κ1) is 15.1. The SMILES string of the molecule is O=S(=O)(c1ccc2ccccc2c1)N1CCC2(CCCO2)CC1. The minimum atomic E-state index is -3.42. The molecule has 23 heavy (non-hydrogen) atoms. The highest BCUT2D eigenvalue weighted by Crippen LogP contribution is 2.37. The van der Waals surface area contributed by atoms with Gasteiger partial charge in [0, 0.05) is 19.7 Å². The van der Waals surface area contributed by atoms with Crippen LogP contribution in [0.2, 0.25) is 0 Å². The Hall–Kier alpha value is -1.43. The van der Waals surface area contributed by atoms with E-state index < -0.39 is 10.0 Å². The number of ether oxygens (including phenoxy) is 1. The van der Waals surface area contributed by atoms with E-state index in [1.807, 2.05) is 30.3 Å². The molecule has 0 aromatic heterocycles. The Bertz CT molecular complexity index is 815. The summed E-state index contributed by atoms with van der Waals surface area (Å²) in [4.78, 5) is 0.388. The lowest BCUT2D eigenvalue weighted by Gasteiger charge is -2.37. The summed E-state index contributed by atoms with van der Waals surface area (Å²) in [7, 11) is -3.42. The summed E-state index contributed by atoms with van der Waals surface area (Å²) >= 11 is 0. The van der Waals surface area contributed by atoms with E-state index in [1.165, 1.54) is 0 Å². The van der Waals surface area contributed by atoms with E-state index in [1.54, 1.807) is 16.4 Å². The summed E-state index contributed by atoms with van der Waals surface area (Å²) in [5, 5.41) is 2.02. The van der Waals surface area contributed by atoms with Gasteiger partial charge in [-0.3, -0.25) is 0 Å². The number of piperidine rings is 1. The van der Waals surface area contributed by atoms with Crippen LogP contribution in [0.4, 0.5) is 0 Å². The van der Waals surface area contributed by atoms with E-state index in [9.17, 15) is 8.42 Å². The van der Waals surface area contributed by atoms with Crippen LogP contribution in [0.1, 0.15) is 25.7 Å². The largest absolute Gasteiger partial charge is 0.375 e. The Kier molecular flexibility index (Phi) is 3.67. The number of hydrogen-bond donors (Lipinski definition) is 0. The van der Waals surface area contributed by atoms with Crippen LogP contribution in [-0.4, -0.2) is 38.0 Å². The van der Waals surface area contributed by atoms with Crippen LogP contribution in [0.3, 0.4) is 0 Å². The second-order valence-corrected chi connectivity index (χ2v) is 8.49. The van der Waals surface area contributed by atoms with Crippen LogP contribution in [0.15, 0.2) is 47.4 Å². The summed E-state index contributed by atoms with van der Waals surface area (Å²) < 4.78 is 33.3. The fourth-order valence-corrected chi connectivity index (χ4v) is 5.24. The second-order valence-electron chi connectivity index (χ2n) is 6.55. The molecule has 4 rings (SSSR count). The first-order chi connectivity index (χ1) is 11.1. The molecule has 2 aromatic carbocycles. The Balaban J connectivity index is 1.59. The molecule has 2 saturated heterocycles. The van der Waals surface area contributed by atoms with Crippen molar-refractivity contribution in [2.24, 2.45) is 0 Å². The van der Waals surface area contributed by atoms with Crippen molar-refractivity contribution < 1.29 is 13.2 Å². The summed E-state index contributed by atoms with van der Waals surface area (Å²) in [6.45, 7) is 1.92. The van der Waals surface area contributed by atoms with Crippen molar-refractivity contribution in [1.82, 2.24) is 4.31 Å². The van der Waals surface area contributed by atoms with Gasteiger partial charge >= 0.3 is 0 Å². The van der Waals surface area contributed by atoms with Gasteiger partial charge in [0.05, 0.1) is 10.5 Å². The topological polar surface area (TPSA) is 46.6 Å². The van der Waals surface area contributed by atoms with Crippen molar-refractivity contribution in [2.45, 2.75) is 36.2 Å². The van der Waals surface area contributed by atoms with Gasteiger partial charge in [-0.25, -0.2) is 8.42 Å². The lowest BCUT2D eigenvalue weighted by Crippen LogP contribution is -2.46. The molecule has 2 aliphatic rings. The second kappa shape index (κ2) is 5.58. The fourth-order valence-electron chi connectivity index (χ4n) is 3.76. The van der Waals surface area contributed by atoms with Crippen molar-refractivity contribution in [3.63, 3.8) is 0 Å². The molecule has 0 saturated carbocycles. The van der Waals surface area contributed by atoms with E-state index in [0.29, 0.717) is 18.0 Å². The average molecular weight is 331 g/mol. The molecule has 0 radical (unpaired) electrons. The van der Waals surface area contributed by atoms with E-state index in [0.717, 1.165) is 43.1 Å². The number of benzene rings is 2. The predicted octanol–water partition coefficient (Wildman–Crippen LogP) is 3.17. The molecule has 0 bridgehead atoms. The lowest BCUT2D eigenvalue weighted by atomic mass is 9.90. The van der Waals surface area contributed by atoms with Gasteiger partial charge in [0.25, 0.3) is 0 Å². The highest BCUT2D eigenvalue weighted by Gasteiger charge is 2.41. The van der Waals surface area contributed by atoms with Crippen molar-refractivity contribution >= 4 is 20.8 Å². The van der Waals surface area contributed by atoms with E-state index in [2.05, 4.69) is 0 Å². The maximum atomic E-state index is 12.9. The molecule has 0 N–H and O–H groups in total. The minimum Gasteiger partial charge on any atom is -0.375 e. The molecular formula is C18H21NO3S. The summed E-state index contributed by atoms with van der Waals surface area (Å²) in [5.74, 6) is 0. The Morgan fingerprint density at radius 2 is 1.70 bits per heavy atom. The number of sulfonamides is 1. The molecule has 0 unspecified atom stereocenters. The third-order valence-corrected chi connectivity index (χ3v) is 7.07. The zero-order valence-corrected chi connectivity index (χ0v) is 13.9. The van der Waals surface area contributed by atoms with Gasteiger partial charge in [0.2, 0.25) is 10.0 Å². The van der Waals surface area contributed by atoms with Crippen LogP contribution >= 0.6 is 0 Å². The third kappa shape index (κ3) is 2.67. The van der Waals surface area contributed by atoms with Crippen LogP contribution in [0.5, 0.6) is 0 Å². The summed E-state index contributed by atoms with van der Waals surface area (Å²) in [6.07, 6.45) is 3.77. The number of fused-ring (bicyclic) bond motifs is 1. The van der Waals surface area contributed by atoms with Crippen molar-refractivity contribution in [2.75, 3.05) is 19.7 Å². The molecule has 2 aromatic rings. The van der Waals surface area contributed by atoms with Gasteiger partial charge in [-0.2, -0.15) is 4.31 Å². The normalized spacial score (nSPS) is 21.9. The van der Waals surface area contributed by atoms with Crippen LogP contribution < -0.4 is 0 Å². The molecule has 4 nitrogen and oxygen atoms in total. The fraction of sp³-hybridized carbons (Fsp3) is 0.444. The molecule has 2 fully saturated rings. The number of rotatable bonds is 2. The summed E-state index contributed by atoms with van der Waals surface area (Å²) in [6, 6.07) is 13.2. The molecule has 1 spiro atoms. The van der Waals surface area contributed by atoms with Crippen molar-refractivity contribution in [3.8, 4) is 0 Å². The monoisotopic (exact) mass is 331 g/mol. The predicted molar refractivity (Wildman–Crippen MR) is 89.9 cm³/mol. The average Bonchev–Trinajstić information content (AvgIpc) is 3.03. The molecule has 122 valence electrons. The van der Waals surface area contributed by atoms with E-state index in [-0.39, 0.29) is 5.60 Å². The quantitative estimate of drug-likeness (QED) is 0.849. The molecule has 5 heteroatoms. The first-order valence-electron chi connectivity index (χ1n) is 8.22. The smallest absolute Gasteiger partial charge is 0.243 e. The van der Waals surface area contributed by atoms with E-state index in [4.69, 9.17) is 4.74 Å². The molecule has 0 atom stereocenters. The third-order valence-electron chi connectivity index (χ3n) is 5.18. The highest BCUT2D eigenvalue weighted by molar-refractivity contribution is 7.89. The first-order valence-corrected chi connectivity index (χ1v) is 9.66. The summed E-state index contributed by atoms with van der Waals surface area (Å²) in [5.41, 5.74) is -0.0601. The maximum Gasteiger partial charge on any atom is 0.243 e. The van der Waals surface area contributed by atoms with Gasteiger partial charge in [0.15, 0.2) is 0 Å². The molecular weight excluding hydrogens is 310 g/mol. The van der Waals surface area contributed by atoms with Crippen molar-refractivity contribution in [3.05, 3.63) is 42.5 Å². The van der Waals surface area contributed by atoms with Gasteiger partial charge in [-0.05, 0) is 48.6 Å². The number of hydrogen-bond acceptors (Lipinski definition) is 3. The molecule has 0 amide bonds. The lowest BCUT2D eigenvalue weighted by molar-refractivity contribution is -0.0309. The molecule has 2 heterocycles. The Labute approximate surface area is 137 Å². The zero-order valence-electron chi connectivity index (χ0n) is 13.1. The minimum absolute atomic E-state index is 0.0601. The standard InChI is InChI=1S/C18H21NO3S/c20-23(21,17-7-6-15-4-1-2-5-16(15)14-17)19-11-9-18(10-12-19)8-3-13-22-18/h1-2,4-7,14H,3,8-13H2. The number of nitrogens with zero attached hydrogens (tertiary/aromatic N) is 1. The van der Waals surface area contributed by atoms with Gasteiger partial charge in [-0.1, -0.05) is 30.3 Å². The van der Waals surface area contributed by atoms with E-state index >= 15 is 0 Å². The van der Waals surface area contributed by atoms with Gasteiger partial charge < -0.3 is 4.74 Å². The van der Waals surface area contributed by atoms with Gasteiger partial charge in [-0.15, -0.1) is 0 Å². The van der Waals surface area contributed by atoms with Crippen LogP contribution in [-0.2, 0) is 14.8 Å². The maximum absolute atomic E-state index is 12.9.